The molecule has 1 aliphatic rings. The van der Waals surface area contributed by atoms with Gasteiger partial charge in [0.25, 0.3) is 0 Å². The number of hydrogen-bond donors (Lipinski definition) is 0. The normalized spacial score (nSPS) is 17.7. The predicted octanol–water partition coefficient (Wildman–Crippen LogP) is 3.09. The van der Waals surface area contributed by atoms with Crippen LogP contribution in [0.4, 0.5) is 0 Å². The summed E-state index contributed by atoms with van der Waals surface area (Å²) in [7, 11) is 0. The molecule has 3 nitrogen and oxygen atoms in total. The van der Waals surface area contributed by atoms with Crippen molar-refractivity contribution >= 4 is 11.6 Å². The molecule has 0 saturated heterocycles. The average Bonchev–Trinajstić information content (AvgIpc) is 2.28. The quantitative estimate of drug-likeness (QED) is 0.743. The van der Waals surface area contributed by atoms with Crippen LogP contribution in [-0.4, -0.2) is 16.6 Å². The van der Waals surface area contributed by atoms with Gasteiger partial charge in [-0.05, 0) is 30.4 Å². The topological polar surface area (TPSA) is 35.0 Å². The first-order valence-corrected chi connectivity index (χ1v) is 5.84. The molecular formula is C11H15ClN2O. The minimum atomic E-state index is 0.246. The highest BCUT2D eigenvalue weighted by Crippen LogP contribution is 2.24. The monoisotopic (exact) mass is 226 g/mol. The third-order valence-corrected chi connectivity index (χ3v) is 2.97. The number of halogens is 1. The Morgan fingerprint density at radius 2 is 2.13 bits per heavy atom. The molecule has 1 heterocycles. The molecule has 0 aliphatic heterocycles. The van der Waals surface area contributed by atoms with Crippen LogP contribution in [0.5, 0.6) is 5.88 Å². The predicted molar refractivity (Wildman–Crippen MR) is 59.1 cm³/mol. The molecule has 0 atom stereocenters. The van der Waals surface area contributed by atoms with Crippen LogP contribution in [0, 0.1) is 5.92 Å². The lowest BCUT2D eigenvalue weighted by atomic mass is 9.90. The van der Waals surface area contributed by atoms with E-state index in [-0.39, 0.29) is 5.28 Å². The van der Waals surface area contributed by atoms with E-state index in [0.29, 0.717) is 11.8 Å². The molecule has 1 fully saturated rings. The van der Waals surface area contributed by atoms with Crippen molar-refractivity contribution in [3.8, 4) is 5.88 Å². The fourth-order valence-corrected chi connectivity index (χ4v) is 2.10. The van der Waals surface area contributed by atoms with E-state index in [0.717, 1.165) is 6.61 Å². The molecule has 1 aromatic rings. The van der Waals surface area contributed by atoms with Gasteiger partial charge in [0.2, 0.25) is 11.2 Å². The van der Waals surface area contributed by atoms with Gasteiger partial charge in [-0.15, -0.1) is 0 Å². The van der Waals surface area contributed by atoms with E-state index in [4.69, 9.17) is 16.3 Å². The van der Waals surface area contributed by atoms with E-state index in [9.17, 15) is 0 Å². The molecule has 15 heavy (non-hydrogen) atoms. The molecule has 0 aromatic carbocycles. The number of rotatable bonds is 3. The third-order valence-electron chi connectivity index (χ3n) is 2.79. The molecule has 1 aliphatic carbocycles. The van der Waals surface area contributed by atoms with Crippen LogP contribution >= 0.6 is 11.6 Å². The van der Waals surface area contributed by atoms with E-state index < -0.39 is 0 Å². The zero-order chi connectivity index (χ0) is 10.5. The Morgan fingerprint density at radius 3 is 2.87 bits per heavy atom. The van der Waals surface area contributed by atoms with Gasteiger partial charge in [0.05, 0.1) is 6.61 Å². The van der Waals surface area contributed by atoms with Crippen LogP contribution in [-0.2, 0) is 0 Å². The smallest absolute Gasteiger partial charge is 0.225 e. The first-order chi connectivity index (χ1) is 7.34. The summed E-state index contributed by atoms with van der Waals surface area (Å²) in [5.41, 5.74) is 0. The van der Waals surface area contributed by atoms with Gasteiger partial charge in [-0.1, -0.05) is 19.3 Å². The zero-order valence-corrected chi connectivity index (χ0v) is 9.41. The van der Waals surface area contributed by atoms with Gasteiger partial charge in [0.15, 0.2) is 0 Å². The van der Waals surface area contributed by atoms with E-state index >= 15 is 0 Å². The lowest BCUT2D eigenvalue weighted by Gasteiger charge is -2.21. The van der Waals surface area contributed by atoms with Crippen LogP contribution in [0.25, 0.3) is 0 Å². The highest BCUT2D eigenvalue weighted by Gasteiger charge is 2.14. The summed E-state index contributed by atoms with van der Waals surface area (Å²) in [4.78, 5) is 7.80. The minimum Gasteiger partial charge on any atom is -0.477 e. The Bertz CT molecular complexity index is 313. The molecule has 0 spiro atoms. The van der Waals surface area contributed by atoms with Gasteiger partial charge >= 0.3 is 0 Å². The first kappa shape index (κ1) is 10.7. The summed E-state index contributed by atoms with van der Waals surface area (Å²) in [6, 6.07) is 1.74. The van der Waals surface area contributed by atoms with Crippen molar-refractivity contribution in [2.24, 2.45) is 5.92 Å². The Hall–Kier alpha value is -0.830. The van der Waals surface area contributed by atoms with Crippen LogP contribution in [0.1, 0.15) is 32.1 Å². The van der Waals surface area contributed by atoms with Crippen LogP contribution in [0.2, 0.25) is 5.28 Å². The van der Waals surface area contributed by atoms with Gasteiger partial charge in [-0.25, -0.2) is 4.98 Å². The maximum absolute atomic E-state index is 5.66. The van der Waals surface area contributed by atoms with Crippen LogP contribution < -0.4 is 4.74 Å². The molecule has 0 amide bonds. The highest BCUT2D eigenvalue weighted by atomic mass is 35.5. The Labute approximate surface area is 94.8 Å². The maximum Gasteiger partial charge on any atom is 0.225 e. The molecule has 0 N–H and O–H groups in total. The fourth-order valence-electron chi connectivity index (χ4n) is 1.96. The van der Waals surface area contributed by atoms with Gasteiger partial charge < -0.3 is 4.74 Å². The van der Waals surface area contributed by atoms with E-state index in [1.165, 1.54) is 32.1 Å². The highest BCUT2D eigenvalue weighted by molar-refractivity contribution is 6.28. The van der Waals surface area contributed by atoms with Crippen molar-refractivity contribution in [2.75, 3.05) is 6.61 Å². The Kier molecular flexibility index (Phi) is 3.78. The first-order valence-electron chi connectivity index (χ1n) is 5.46. The molecule has 0 radical (unpaired) electrons. The number of ether oxygens (including phenoxy) is 1. The number of aromatic nitrogens is 2. The molecule has 1 saturated carbocycles. The van der Waals surface area contributed by atoms with Crippen LogP contribution in [0.3, 0.4) is 0 Å². The molecular weight excluding hydrogens is 212 g/mol. The van der Waals surface area contributed by atoms with E-state index in [2.05, 4.69) is 9.97 Å². The second-order valence-electron chi connectivity index (χ2n) is 3.98. The molecule has 0 bridgehead atoms. The average molecular weight is 227 g/mol. The van der Waals surface area contributed by atoms with Gasteiger partial charge in [0.1, 0.15) is 0 Å². The second-order valence-corrected chi connectivity index (χ2v) is 4.32. The Morgan fingerprint density at radius 1 is 1.33 bits per heavy atom. The summed E-state index contributed by atoms with van der Waals surface area (Å²) in [5.74, 6) is 1.27. The van der Waals surface area contributed by atoms with Crippen molar-refractivity contribution in [2.45, 2.75) is 32.1 Å². The van der Waals surface area contributed by atoms with Gasteiger partial charge in [0, 0.05) is 12.3 Å². The Balaban J connectivity index is 1.81. The molecule has 1 aromatic heterocycles. The lowest BCUT2D eigenvalue weighted by Crippen LogP contribution is -2.15. The van der Waals surface area contributed by atoms with Gasteiger partial charge in [-0.3, -0.25) is 0 Å². The number of nitrogens with zero attached hydrogens (tertiary/aromatic N) is 2. The van der Waals surface area contributed by atoms with Crippen molar-refractivity contribution in [1.82, 2.24) is 9.97 Å². The van der Waals surface area contributed by atoms with Crippen molar-refractivity contribution in [3.05, 3.63) is 17.5 Å². The summed E-state index contributed by atoms with van der Waals surface area (Å²) in [6.45, 7) is 0.757. The molecule has 0 unspecified atom stereocenters. The largest absolute Gasteiger partial charge is 0.477 e. The lowest BCUT2D eigenvalue weighted by molar-refractivity contribution is 0.202. The van der Waals surface area contributed by atoms with Crippen molar-refractivity contribution in [1.29, 1.82) is 0 Å². The fraction of sp³-hybridized carbons (Fsp3) is 0.636. The summed E-state index contributed by atoms with van der Waals surface area (Å²) < 4.78 is 5.59. The second kappa shape index (κ2) is 5.31. The summed E-state index contributed by atoms with van der Waals surface area (Å²) in [5, 5.41) is 0.246. The van der Waals surface area contributed by atoms with E-state index in [1.54, 1.807) is 12.3 Å². The van der Waals surface area contributed by atoms with Gasteiger partial charge in [-0.2, -0.15) is 4.98 Å². The number of hydrogen-bond acceptors (Lipinski definition) is 3. The van der Waals surface area contributed by atoms with Crippen LogP contribution in [0.15, 0.2) is 12.3 Å². The molecule has 82 valence electrons. The van der Waals surface area contributed by atoms with Crippen molar-refractivity contribution in [3.63, 3.8) is 0 Å². The molecule has 2 rings (SSSR count). The third kappa shape index (κ3) is 3.34. The standard InChI is InChI=1S/C11H15ClN2O/c12-11-13-7-6-10(14-11)15-8-9-4-2-1-3-5-9/h6-7,9H,1-5,8H2. The SMILES string of the molecule is Clc1nccc(OCC2CCCCC2)n1. The zero-order valence-electron chi connectivity index (χ0n) is 8.66. The summed E-state index contributed by atoms with van der Waals surface area (Å²) in [6.07, 6.45) is 8.20. The maximum atomic E-state index is 5.66. The van der Waals surface area contributed by atoms with E-state index in [1.807, 2.05) is 0 Å². The minimum absolute atomic E-state index is 0.246. The van der Waals surface area contributed by atoms with Crippen molar-refractivity contribution < 1.29 is 4.74 Å². The summed E-state index contributed by atoms with van der Waals surface area (Å²) >= 11 is 5.66. The molecule has 4 heteroatoms.